The Kier molecular flexibility index (Phi) is 10.6. The molecule has 2 amide bonds. The third-order valence-corrected chi connectivity index (χ3v) is 5.72. The molecule has 0 spiro atoms. The summed E-state index contributed by atoms with van der Waals surface area (Å²) in [5.41, 5.74) is 3.85. The number of benzene rings is 2. The predicted octanol–water partition coefficient (Wildman–Crippen LogP) is 3.78. The molecule has 2 aromatic rings. The van der Waals surface area contributed by atoms with Crippen LogP contribution in [0, 0.1) is 0 Å². The molecule has 178 valence electrons. The number of guanidine groups is 1. The van der Waals surface area contributed by atoms with Crippen LogP contribution in [0.3, 0.4) is 0 Å². The first-order valence-electron chi connectivity index (χ1n) is 11.3. The number of hydrogen-bond donors (Lipinski definition) is 2. The van der Waals surface area contributed by atoms with E-state index in [0.29, 0.717) is 44.1 Å². The van der Waals surface area contributed by atoms with Crippen molar-refractivity contribution in [3.05, 3.63) is 65.2 Å². The Hall–Kier alpha value is -2.62. The second-order valence-electron chi connectivity index (χ2n) is 7.77. The second-order valence-corrected chi connectivity index (χ2v) is 7.77. The van der Waals surface area contributed by atoms with E-state index in [9.17, 15) is 9.59 Å². The van der Waals surface area contributed by atoms with Crippen LogP contribution in [0.4, 0.5) is 5.69 Å². The number of aliphatic imine (C=N–C) groups is 1. The summed E-state index contributed by atoms with van der Waals surface area (Å²) < 4.78 is 0. The van der Waals surface area contributed by atoms with E-state index in [0.717, 1.165) is 29.8 Å². The van der Waals surface area contributed by atoms with Crippen LogP contribution < -0.4 is 15.5 Å². The van der Waals surface area contributed by atoms with Crippen molar-refractivity contribution in [2.75, 3.05) is 31.6 Å². The van der Waals surface area contributed by atoms with Crippen molar-refractivity contribution < 1.29 is 9.59 Å². The van der Waals surface area contributed by atoms with Crippen LogP contribution in [0.2, 0.25) is 0 Å². The van der Waals surface area contributed by atoms with Gasteiger partial charge >= 0.3 is 0 Å². The molecule has 2 aromatic carbocycles. The minimum Gasteiger partial charge on any atom is -0.352 e. The molecule has 0 saturated carbocycles. The Morgan fingerprint density at radius 2 is 1.52 bits per heavy atom. The normalized spacial score (nSPS) is 13.5. The van der Waals surface area contributed by atoms with Crippen LogP contribution in [-0.2, 0) is 17.9 Å². The van der Waals surface area contributed by atoms with Crippen molar-refractivity contribution in [3.63, 3.8) is 0 Å². The van der Waals surface area contributed by atoms with E-state index < -0.39 is 0 Å². The number of carbonyl (C=O) groups excluding carboxylic acids is 2. The molecule has 7 nitrogen and oxygen atoms in total. The molecule has 0 bridgehead atoms. The highest BCUT2D eigenvalue weighted by Crippen LogP contribution is 2.21. The van der Waals surface area contributed by atoms with Gasteiger partial charge in [-0.25, -0.2) is 0 Å². The summed E-state index contributed by atoms with van der Waals surface area (Å²) in [6.45, 7) is 7.43. The lowest BCUT2D eigenvalue weighted by Crippen LogP contribution is -2.36. The van der Waals surface area contributed by atoms with Crippen LogP contribution in [0.25, 0.3) is 0 Å². The Labute approximate surface area is 213 Å². The standard InChI is InChI=1S/C25H33N5O2.HI/c1-4-29(5-2)24(32)21-12-8-19(9-13-21)17-27-25(26-3)28-18-20-10-14-22(15-11-20)30-16-6-7-23(30)31;/h8-15H,4-7,16-18H2,1-3H3,(H2,26,27,28);1H. The van der Waals surface area contributed by atoms with Gasteiger partial charge in [0, 0.05) is 57.4 Å². The predicted molar refractivity (Wildman–Crippen MR) is 144 cm³/mol. The van der Waals surface area contributed by atoms with Gasteiger partial charge in [0.15, 0.2) is 5.96 Å². The molecule has 1 aliphatic rings. The van der Waals surface area contributed by atoms with Gasteiger partial charge in [-0.2, -0.15) is 0 Å². The van der Waals surface area contributed by atoms with Crippen LogP contribution in [0.1, 0.15) is 48.2 Å². The molecule has 1 aliphatic heterocycles. The van der Waals surface area contributed by atoms with E-state index in [1.807, 2.05) is 72.2 Å². The molecule has 1 heterocycles. The quantitative estimate of drug-likeness (QED) is 0.291. The number of nitrogens with zero attached hydrogens (tertiary/aromatic N) is 3. The van der Waals surface area contributed by atoms with Gasteiger partial charge in [-0.05, 0) is 55.7 Å². The molecule has 0 radical (unpaired) electrons. The fourth-order valence-corrected chi connectivity index (χ4v) is 3.77. The zero-order valence-electron chi connectivity index (χ0n) is 19.6. The zero-order chi connectivity index (χ0) is 22.9. The van der Waals surface area contributed by atoms with Gasteiger partial charge in [-0.1, -0.05) is 24.3 Å². The van der Waals surface area contributed by atoms with Crippen LogP contribution in [-0.4, -0.2) is 49.4 Å². The molecule has 8 heteroatoms. The average Bonchev–Trinajstić information content (AvgIpc) is 3.26. The summed E-state index contributed by atoms with van der Waals surface area (Å²) in [6.07, 6.45) is 1.57. The van der Waals surface area contributed by atoms with Gasteiger partial charge in [-0.3, -0.25) is 14.6 Å². The Bertz CT molecular complexity index is 940. The smallest absolute Gasteiger partial charge is 0.253 e. The van der Waals surface area contributed by atoms with E-state index in [1.165, 1.54) is 0 Å². The Morgan fingerprint density at radius 1 is 0.970 bits per heavy atom. The van der Waals surface area contributed by atoms with Crippen LogP contribution in [0.5, 0.6) is 0 Å². The van der Waals surface area contributed by atoms with E-state index in [2.05, 4.69) is 15.6 Å². The van der Waals surface area contributed by atoms with Gasteiger partial charge in [0.25, 0.3) is 5.91 Å². The molecule has 0 aliphatic carbocycles. The number of amides is 2. The van der Waals surface area contributed by atoms with Crippen molar-refractivity contribution >= 4 is 47.4 Å². The van der Waals surface area contributed by atoms with Gasteiger partial charge in [0.2, 0.25) is 5.91 Å². The molecule has 0 atom stereocenters. The Balaban J connectivity index is 0.00000385. The number of nitrogens with one attached hydrogen (secondary N) is 2. The van der Waals surface area contributed by atoms with Crippen molar-refractivity contribution in [1.29, 1.82) is 0 Å². The average molecular weight is 563 g/mol. The number of anilines is 1. The highest BCUT2D eigenvalue weighted by atomic mass is 127. The SMILES string of the molecule is CCN(CC)C(=O)c1ccc(CNC(=NC)NCc2ccc(N3CCCC3=O)cc2)cc1.I. The summed E-state index contributed by atoms with van der Waals surface area (Å²) in [7, 11) is 1.74. The first-order chi connectivity index (χ1) is 15.5. The minimum atomic E-state index is 0. The lowest BCUT2D eigenvalue weighted by atomic mass is 10.1. The summed E-state index contributed by atoms with van der Waals surface area (Å²) in [4.78, 5) is 32.2. The van der Waals surface area contributed by atoms with Crippen molar-refractivity contribution in [2.45, 2.75) is 39.8 Å². The van der Waals surface area contributed by atoms with Crippen molar-refractivity contribution in [2.24, 2.45) is 4.99 Å². The van der Waals surface area contributed by atoms with Gasteiger partial charge in [0.05, 0.1) is 0 Å². The number of carbonyl (C=O) groups is 2. The fraction of sp³-hybridized carbons (Fsp3) is 0.400. The third kappa shape index (κ3) is 7.18. The lowest BCUT2D eigenvalue weighted by Gasteiger charge is -2.18. The van der Waals surface area contributed by atoms with E-state index in [1.54, 1.807) is 7.05 Å². The summed E-state index contributed by atoms with van der Waals surface area (Å²) in [6, 6.07) is 15.8. The molecule has 0 unspecified atom stereocenters. The molecule has 33 heavy (non-hydrogen) atoms. The maximum atomic E-state index is 12.4. The van der Waals surface area contributed by atoms with Crippen molar-refractivity contribution in [3.8, 4) is 0 Å². The van der Waals surface area contributed by atoms with Gasteiger partial charge < -0.3 is 20.4 Å². The van der Waals surface area contributed by atoms with E-state index in [-0.39, 0.29) is 35.8 Å². The minimum absolute atomic E-state index is 0. The van der Waals surface area contributed by atoms with E-state index >= 15 is 0 Å². The lowest BCUT2D eigenvalue weighted by molar-refractivity contribution is -0.117. The number of rotatable bonds is 8. The maximum Gasteiger partial charge on any atom is 0.253 e. The highest BCUT2D eigenvalue weighted by molar-refractivity contribution is 14.0. The summed E-state index contributed by atoms with van der Waals surface area (Å²) in [5.74, 6) is 0.963. The highest BCUT2D eigenvalue weighted by Gasteiger charge is 2.21. The number of hydrogen-bond acceptors (Lipinski definition) is 3. The second kappa shape index (κ2) is 13.2. The molecule has 0 aromatic heterocycles. The molecule has 1 saturated heterocycles. The maximum absolute atomic E-state index is 12.4. The molecule has 3 rings (SSSR count). The fourth-order valence-electron chi connectivity index (χ4n) is 3.77. The summed E-state index contributed by atoms with van der Waals surface area (Å²) in [5, 5.41) is 6.61. The molecular formula is C25H34IN5O2. The zero-order valence-corrected chi connectivity index (χ0v) is 22.0. The van der Waals surface area contributed by atoms with Gasteiger partial charge in [0.1, 0.15) is 0 Å². The molecular weight excluding hydrogens is 529 g/mol. The number of halogens is 1. The molecule has 1 fully saturated rings. The molecule has 2 N–H and O–H groups in total. The van der Waals surface area contributed by atoms with Gasteiger partial charge in [-0.15, -0.1) is 24.0 Å². The largest absolute Gasteiger partial charge is 0.352 e. The van der Waals surface area contributed by atoms with Crippen LogP contribution in [0.15, 0.2) is 53.5 Å². The summed E-state index contributed by atoms with van der Waals surface area (Å²) >= 11 is 0. The van der Waals surface area contributed by atoms with Crippen molar-refractivity contribution in [1.82, 2.24) is 15.5 Å². The Morgan fingerprint density at radius 3 is 1.97 bits per heavy atom. The topological polar surface area (TPSA) is 77.0 Å². The first kappa shape index (κ1) is 26.6. The van der Waals surface area contributed by atoms with Crippen LogP contribution >= 0.6 is 24.0 Å². The monoisotopic (exact) mass is 563 g/mol. The van der Waals surface area contributed by atoms with E-state index in [4.69, 9.17) is 0 Å². The first-order valence-corrected chi connectivity index (χ1v) is 11.3. The third-order valence-electron chi connectivity index (χ3n) is 5.72.